The highest BCUT2D eigenvalue weighted by molar-refractivity contribution is 6.20. The van der Waals surface area contributed by atoms with Crippen LogP contribution in [0.4, 0.5) is 0 Å². The Morgan fingerprint density at radius 3 is 2.31 bits per heavy atom. The molecular weight excluding hydrogens is 220 g/mol. The molecule has 1 nitrogen and oxygen atoms in total. The highest BCUT2D eigenvalue weighted by atomic mass is 35.5. The molecule has 1 rings (SSSR count). The van der Waals surface area contributed by atoms with Crippen LogP contribution in [-0.2, 0) is 11.2 Å². The zero-order valence-corrected chi connectivity index (χ0v) is 11.1. The van der Waals surface area contributed by atoms with Crippen LogP contribution in [0.3, 0.4) is 0 Å². The van der Waals surface area contributed by atoms with E-state index >= 15 is 0 Å². The largest absolute Gasteiger partial charge is 0.384 e. The molecule has 0 spiro atoms. The fourth-order valence-corrected chi connectivity index (χ4v) is 2.16. The van der Waals surface area contributed by atoms with E-state index in [1.165, 1.54) is 11.1 Å². The summed E-state index contributed by atoms with van der Waals surface area (Å²) in [6, 6.07) is 8.55. The van der Waals surface area contributed by atoms with Gasteiger partial charge >= 0.3 is 0 Å². The van der Waals surface area contributed by atoms with Gasteiger partial charge in [0.25, 0.3) is 0 Å². The molecule has 0 aliphatic heterocycles. The fourth-order valence-electron chi connectivity index (χ4n) is 1.66. The van der Waals surface area contributed by atoms with Crippen LogP contribution in [0, 0.1) is 5.92 Å². The third kappa shape index (κ3) is 4.54. The number of halogens is 1. The predicted octanol–water partition coefficient (Wildman–Crippen LogP) is 4.20. The second-order valence-electron chi connectivity index (χ2n) is 4.58. The van der Waals surface area contributed by atoms with E-state index in [0.29, 0.717) is 5.92 Å². The standard InChI is InChI=1S/C14H21ClO/c1-11(2)10-14(15)13-6-4-12(5-7-13)8-9-16-3/h4-7,11,14H,8-10H2,1-3H3. The first kappa shape index (κ1) is 13.5. The molecule has 90 valence electrons. The Morgan fingerprint density at radius 1 is 1.19 bits per heavy atom. The van der Waals surface area contributed by atoms with Crippen molar-refractivity contribution in [1.82, 2.24) is 0 Å². The topological polar surface area (TPSA) is 9.23 Å². The van der Waals surface area contributed by atoms with Crippen LogP contribution >= 0.6 is 11.6 Å². The normalized spacial score (nSPS) is 13.1. The van der Waals surface area contributed by atoms with Crippen molar-refractivity contribution in [2.24, 2.45) is 5.92 Å². The molecule has 0 radical (unpaired) electrons. The van der Waals surface area contributed by atoms with Crippen molar-refractivity contribution in [1.29, 1.82) is 0 Å². The van der Waals surface area contributed by atoms with Gasteiger partial charge < -0.3 is 4.74 Å². The molecule has 0 aliphatic rings. The van der Waals surface area contributed by atoms with E-state index < -0.39 is 0 Å². The Hall–Kier alpha value is -0.530. The molecule has 1 atom stereocenters. The van der Waals surface area contributed by atoms with Crippen molar-refractivity contribution in [3.8, 4) is 0 Å². The minimum absolute atomic E-state index is 0.136. The molecule has 0 saturated carbocycles. The van der Waals surface area contributed by atoms with Crippen molar-refractivity contribution in [3.05, 3.63) is 35.4 Å². The van der Waals surface area contributed by atoms with E-state index in [1.54, 1.807) is 7.11 Å². The highest BCUT2D eigenvalue weighted by Crippen LogP contribution is 2.27. The van der Waals surface area contributed by atoms with Crippen LogP contribution in [0.5, 0.6) is 0 Å². The van der Waals surface area contributed by atoms with Crippen LogP contribution in [0.25, 0.3) is 0 Å². The summed E-state index contributed by atoms with van der Waals surface area (Å²) >= 11 is 6.33. The summed E-state index contributed by atoms with van der Waals surface area (Å²) in [5.74, 6) is 0.635. The summed E-state index contributed by atoms with van der Waals surface area (Å²) < 4.78 is 5.05. The number of benzene rings is 1. The molecule has 1 aromatic carbocycles. The number of hydrogen-bond acceptors (Lipinski definition) is 1. The second-order valence-corrected chi connectivity index (χ2v) is 5.11. The lowest BCUT2D eigenvalue weighted by atomic mass is 10.0. The molecule has 0 aliphatic carbocycles. The summed E-state index contributed by atoms with van der Waals surface area (Å²) in [6.45, 7) is 5.17. The molecule has 0 amide bonds. The van der Waals surface area contributed by atoms with Crippen LogP contribution in [0.2, 0.25) is 0 Å². The smallest absolute Gasteiger partial charge is 0.0587 e. The number of ether oxygens (including phenoxy) is 1. The minimum Gasteiger partial charge on any atom is -0.384 e. The van der Waals surface area contributed by atoms with Gasteiger partial charge in [0.15, 0.2) is 0 Å². The van der Waals surface area contributed by atoms with Gasteiger partial charge in [-0.3, -0.25) is 0 Å². The molecule has 0 fully saturated rings. The van der Waals surface area contributed by atoms with Crippen molar-refractivity contribution >= 4 is 11.6 Å². The number of alkyl halides is 1. The first-order chi connectivity index (χ1) is 7.63. The lowest BCUT2D eigenvalue weighted by molar-refractivity contribution is 0.202. The van der Waals surface area contributed by atoms with E-state index in [9.17, 15) is 0 Å². The van der Waals surface area contributed by atoms with Crippen molar-refractivity contribution in [2.45, 2.75) is 32.1 Å². The first-order valence-electron chi connectivity index (χ1n) is 5.85. The molecule has 0 saturated heterocycles. The van der Waals surface area contributed by atoms with Gasteiger partial charge in [-0.2, -0.15) is 0 Å². The third-order valence-electron chi connectivity index (χ3n) is 2.61. The molecular formula is C14H21ClO. The molecule has 0 heterocycles. The average molecular weight is 241 g/mol. The lowest BCUT2D eigenvalue weighted by Gasteiger charge is -2.12. The maximum absolute atomic E-state index is 6.33. The average Bonchev–Trinajstić information content (AvgIpc) is 2.26. The van der Waals surface area contributed by atoms with Gasteiger partial charge in [0.2, 0.25) is 0 Å². The number of rotatable bonds is 6. The van der Waals surface area contributed by atoms with Gasteiger partial charge in [-0.25, -0.2) is 0 Å². The van der Waals surface area contributed by atoms with Gasteiger partial charge in [0.05, 0.1) is 12.0 Å². The summed E-state index contributed by atoms with van der Waals surface area (Å²) in [6.07, 6.45) is 1.99. The van der Waals surface area contributed by atoms with Crippen molar-refractivity contribution in [2.75, 3.05) is 13.7 Å². The van der Waals surface area contributed by atoms with Crippen LogP contribution < -0.4 is 0 Å². The van der Waals surface area contributed by atoms with E-state index in [1.807, 2.05) is 0 Å². The SMILES string of the molecule is COCCc1ccc(C(Cl)CC(C)C)cc1. The summed E-state index contributed by atoms with van der Waals surface area (Å²) in [7, 11) is 1.73. The Bertz CT molecular complexity index is 292. The van der Waals surface area contributed by atoms with Gasteiger partial charge in [-0.15, -0.1) is 11.6 Å². The zero-order chi connectivity index (χ0) is 12.0. The molecule has 0 N–H and O–H groups in total. The Labute approximate surface area is 104 Å². The van der Waals surface area contributed by atoms with E-state index in [2.05, 4.69) is 38.1 Å². The summed E-state index contributed by atoms with van der Waals surface area (Å²) in [5.41, 5.74) is 2.52. The van der Waals surface area contributed by atoms with Crippen molar-refractivity contribution in [3.63, 3.8) is 0 Å². The molecule has 0 aromatic heterocycles. The summed E-state index contributed by atoms with van der Waals surface area (Å²) in [5, 5.41) is 0.136. The third-order valence-corrected chi connectivity index (χ3v) is 3.04. The van der Waals surface area contributed by atoms with Crippen LogP contribution in [0.15, 0.2) is 24.3 Å². The minimum atomic E-state index is 0.136. The zero-order valence-electron chi connectivity index (χ0n) is 10.4. The van der Waals surface area contributed by atoms with Gasteiger partial charge in [-0.05, 0) is 29.9 Å². The monoisotopic (exact) mass is 240 g/mol. The quantitative estimate of drug-likeness (QED) is 0.677. The number of hydrogen-bond donors (Lipinski definition) is 0. The van der Waals surface area contributed by atoms with E-state index in [0.717, 1.165) is 19.4 Å². The fraction of sp³-hybridized carbons (Fsp3) is 0.571. The van der Waals surface area contributed by atoms with Gasteiger partial charge in [-0.1, -0.05) is 38.1 Å². The molecule has 1 unspecified atom stereocenters. The van der Waals surface area contributed by atoms with E-state index in [-0.39, 0.29) is 5.38 Å². The Morgan fingerprint density at radius 2 is 1.81 bits per heavy atom. The van der Waals surface area contributed by atoms with E-state index in [4.69, 9.17) is 16.3 Å². The highest BCUT2D eigenvalue weighted by Gasteiger charge is 2.09. The van der Waals surface area contributed by atoms with Crippen LogP contribution in [-0.4, -0.2) is 13.7 Å². The molecule has 1 aromatic rings. The Balaban J connectivity index is 2.56. The predicted molar refractivity (Wildman–Crippen MR) is 70.1 cm³/mol. The molecule has 2 heteroatoms. The van der Waals surface area contributed by atoms with Crippen molar-refractivity contribution < 1.29 is 4.74 Å². The Kier molecular flexibility index (Phi) is 5.86. The summed E-state index contributed by atoms with van der Waals surface area (Å²) in [4.78, 5) is 0. The molecule has 0 bridgehead atoms. The molecule has 16 heavy (non-hydrogen) atoms. The van der Waals surface area contributed by atoms with Crippen LogP contribution in [0.1, 0.15) is 36.8 Å². The van der Waals surface area contributed by atoms with Gasteiger partial charge in [0, 0.05) is 7.11 Å². The second kappa shape index (κ2) is 6.93. The maximum Gasteiger partial charge on any atom is 0.0587 e. The lowest BCUT2D eigenvalue weighted by Crippen LogP contribution is -1.98. The van der Waals surface area contributed by atoms with Gasteiger partial charge in [0.1, 0.15) is 0 Å². The first-order valence-corrected chi connectivity index (χ1v) is 6.29. The number of methoxy groups -OCH3 is 1. The maximum atomic E-state index is 6.33.